The van der Waals surface area contributed by atoms with Crippen molar-refractivity contribution in [1.29, 1.82) is 0 Å². The predicted molar refractivity (Wildman–Crippen MR) is 73.0 cm³/mol. The van der Waals surface area contributed by atoms with Gasteiger partial charge in [0.15, 0.2) is 11.6 Å². The Labute approximate surface area is 122 Å². The molecule has 0 saturated heterocycles. The second-order valence-corrected chi connectivity index (χ2v) is 4.30. The van der Waals surface area contributed by atoms with Gasteiger partial charge in [-0.3, -0.25) is 15.1 Å². The van der Waals surface area contributed by atoms with Crippen LogP contribution in [0.5, 0.6) is 11.6 Å². The first kappa shape index (κ1) is 14.3. The first-order valence-electron chi connectivity index (χ1n) is 5.11. The number of ether oxygens (including phenoxy) is 1. The third-order valence-electron chi connectivity index (χ3n) is 2.16. The van der Waals surface area contributed by atoms with E-state index < -0.39 is 4.92 Å². The lowest BCUT2D eigenvalue weighted by Gasteiger charge is -2.09. The Kier molecular flexibility index (Phi) is 4.18. The molecule has 1 aromatic carbocycles. The highest BCUT2D eigenvalue weighted by atomic mass is 35.5. The van der Waals surface area contributed by atoms with Crippen molar-refractivity contribution in [2.24, 2.45) is 5.84 Å². The van der Waals surface area contributed by atoms with Gasteiger partial charge < -0.3 is 10.2 Å². The molecule has 0 aliphatic heterocycles. The van der Waals surface area contributed by atoms with Crippen LogP contribution in [-0.2, 0) is 0 Å². The number of non-ortho nitro benzene ring substituents is 1. The molecule has 8 nitrogen and oxygen atoms in total. The van der Waals surface area contributed by atoms with E-state index in [1.54, 1.807) is 0 Å². The number of hydrazine groups is 1. The molecule has 0 aliphatic rings. The summed E-state index contributed by atoms with van der Waals surface area (Å²) in [5, 5.41) is 10.6. The fourth-order valence-corrected chi connectivity index (χ4v) is 1.87. The van der Waals surface area contributed by atoms with E-state index in [9.17, 15) is 10.1 Å². The molecule has 0 atom stereocenters. The van der Waals surface area contributed by atoms with Gasteiger partial charge >= 0.3 is 0 Å². The number of nitrogens with zero attached hydrogens (tertiary/aromatic N) is 3. The lowest BCUT2D eigenvalue weighted by Crippen LogP contribution is -2.09. The number of aromatic nitrogens is 2. The molecule has 0 radical (unpaired) electrons. The summed E-state index contributed by atoms with van der Waals surface area (Å²) >= 11 is 11.8. The van der Waals surface area contributed by atoms with Crippen molar-refractivity contribution in [2.75, 3.05) is 5.43 Å². The van der Waals surface area contributed by atoms with E-state index in [0.717, 1.165) is 12.1 Å². The number of hydrogen-bond donors (Lipinski definition) is 2. The molecule has 0 aliphatic carbocycles. The Bertz CT molecular complexity index is 644. The van der Waals surface area contributed by atoms with Crippen LogP contribution in [-0.4, -0.2) is 14.9 Å². The molecule has 1 heterocycles. The molecule has 0 bridgehead atoms. The van der Waals surface area contributed by atoms with Gasteiger partial charge in [-0.15, -0.1) is 0 Å². The Morgan fingerprint density at radius 1 is 1.30 bits per heavy atom. The van der Waals surface area contributed by atoms with Crippen molar-refractivity contribution in [2.45, 2.75) is 0 Å². The van der Waals surface area contributed by atoms with E-state index in [1.807, 2.05) is 0 Å². The molecule has 0 amide bonds. The number of anilines is 1. The van der Waals surface area contributed by atoms with Gasteiger partial charge in [0.2, 0.25) is 5.88 Å². The maximum absolute atomic E-state index is 10.7. The predicted octanol–water partition coefficient (Wildman–Crippen LogP) is 2.77. The first-order valence-corrected chi connectivity index (χ1v) is 5.87. The minimum atomic E-state index is -0.611. The number of nitrogen functional groups attached to an aromatic ring is 1. The van der Waals surface area contributed by atoms with Gasteiger partial charge in [-0.25, -0.2) is 5.84 Å². The number of nitrogens with one attached hydrogen (secondary N) is 1. The summed E-state index contributed by atoms with van der Waals surface area (Å²) in [5.74, 6) is 5.59. The number of nitro benzene ring substituents is 1. The molecule has 3 N–H and O–H groups in total. The van der Waals surface area contributed by atoms with Gasteiger partial charge in [-0.05, 0) is 0 Å². The normalized spacial score (nSPS) is 10.2. The van der Waals surface area contributed by atoms with Crippen molar-refractivity contribution in [3.05, 3.63) is 44.7 Å². The van der Waals surface area contributed by atoms with Crippen LogP contribution >= 0.6 is 23.2 Å². The largest absolute Gasteiger partial charge is 0.434 e. The maximum Gasteiger partial charge on any atom is 0.272 e. The highest BCUT2D eigenvalue weighted by Gasteiger charge is 2.17. The van der Waals surface area contributed by atoms with Crippen LogP contribution in [0.3, 0.4) is 0 Å². The minimum absolute atomic E-state index is 0.0166. The highest BCUT2D eigenvalue weighted by Crippen LogP contribution is 2.38. The Balaban J connectivity index is 2.36. The number of rotatable bonds is 4. The fraction of sp³-hybridized carbons (Fsp3) is 0. The molecule has 0 fully saturated rings. The first-order chi connectivity index (χ1) is 9.51. The zero-order chi connectivity index (χ0) is 14.7. The average Bonchev–Trinajstić information content (AvgIpc) is 2.42. The maximum atomic E-state index is 10.7. The van der Waals surface area contributed by atoms with E-state index >= 15 is 0 Å². The molecule has 0 saturated carbocycles. The molecule has 10 heteroatoms. The fourth-order valence-electron chi connectivity index (χ4n) is 1.32. The Morgan fingerprint density at radius 3 is 2.50 bits per heavy atom. The molecule has 1 aromatic heterocycles. The summed E-state index contributed by atoms with van der Waals surface area (Å²) in [6.07, 6.45) is 2.70. The second kappa shape index (κ2) is 5.87. The van der Waals surface area contributed by atoms with Crippen molar-refractivity contribution in [3.63, 3.8) is 0 Å². The van der Waals surface area contributed by atoms with Gasteiger partial charge in [-0.2, -0.15) is 4.98 Å². The third kappa shape index (κ3) is 3.05. The smallest absolute Gasteiger partial charge is 0.272 e. The third-order valence-corrected chi connectivity index (χ3v) is 2.72. The van der Waals surface area contributed by atoms with Crippen LogP contribution in [0.25, 0.3) is 0 Å². The van der Waals surface area contributed by atoms with Crippen molar-refractivity contribution in [3.8, 4) is 11.6 Å². The van der Waals surface area contributed by atoms with E-state index in [4.69, 9.17) is 33.8 Å². The van der Waals surface area contributed by atoms with Gasteiger partial charge in [0.1, 0.15) is 0 Å². The Hall–Kier alpha value is -2.16. The van der Waals surface area contributed by atoms with Crippen LogP contribution < -0.4 is 16.0 Å². The monoisotopic (exact) mass is 315 g/mol. The lowest BCUT2D eigenvalue weighted by atomic mass is 10.3. The van der Waals surface area contributed by atoms with Gasteiger partial charge in [-0.1, -0.05) is 23.2 Å². The molecule has 2 aromatic rings. The van der Waals surface area contributed by atoms with Crippen LogP contribution in [0.2, 0.25) is 10.0 Å². The van der Waals surface area contributed by atoms with Gasteiger partial charge in [0, 0.05) is 12.1 Å². The SMILES string of the molecule is NNc1cncc(Oc2c(Cl)cc([N+](=O)[O-])cc2Cl)n1. The molecular formula is C10H7Cl2N5O3. The number of nitro groups is 1. The van der Waals surface area contributed by atoms with Gasteiger partial charge in [0.25, 0.3) is 5.69 Å². The summed E-state index contributed by atoms with van der Waals surface area (Å²) in [4.78, 5) is 17.8. The molecular weight excluding hydrogens is 309 g/mol. The van der Waals surface area contributed by atoms with Gasteiger partial charge in [0.05, 0.1) is 27.4 Å². The number of nitrogens with two attached hydrogens (primary N) is 1. The average molecular weight is 316 g/mol. The lowest BCUT2D eigenvalue weighted by molar-refractivity contribution is -0.384. The van der Waals surface area contributed by atoms with Crippen molar-refractivity contribution in [1.82, 2.24) is 9.97 Å². The Morgan fingerprint density at radius 2 is 1.95 bits per heavy atom. The van der Waals surface area contributed by atoms with E-state index in [-0.39, 0.29) is 33.2 Å². The van der Waals surface area contributed by atoms with E-state index in [0.29, 0.717) is 0 Å². The summed E-state index contributed by atoms with van der Waals surface area (Å²) < 4.78 is 5.36. The minimum Gasteiger partial charge on any atom is -0.434 e. The summed E-state index contributed by atoms with van der Waals surface area (Å²) in [6, 6.07) is 2.25. The van der Waals surface area contributed by atoms with Crippen LogP contribution in [0.1, 0.15) is 0 Å². The number of benzene rings is 1. The second-order valence-electron chi connectivity index (χ2n) is 3.48. The standard InChI is InChI=1S/C10H7Cl2N5O3/c11-6-1-5(17(18)19)2-7(12)10(6)20-9-4-14-3-8(15-9)16-13/h1-4H,13H2,(H,15,16). The summed E-state index contributed by atoms with van der Waals surface area (Å²) in [6.45, 7) is 0. The van der Waals surface area contributed by atoms with E-state index in [2.05, 4.69) is 15.4 Å². The van der Waals surface area contributed by atoms with Crippen molar-refractivity contribution < 1.29 is 9.66 Å². The zero-order valence-corrected chi connectivity index (χ0v) is 11.2. The van der Waals surface area contributed by atoms with Crippen molar-refractivity contribution >= 4 is 34.7 Å². The quantitative estimate of drug-likeness (QED) is 0.506. The summed E-state index contributed by atoms with van der Waals surface area (Å²) in [5.41, 5.74) is 2.06. The number of hydrogen-bond acceptors (Lipinski definition) is 7. The molecule has 104 valence electrons. The highest BCUT2D eigenvalue weighted by molar-refractivity contribution is 6.37. The molecule has 2 rings (SSSR count). The molecule has 20 heavy (non-hydrogen) atoms. The number of halogens is 2. The van der Waals surface area contributed by atoms with E-state index in [1.165, 1.54) is 12.4 Å². The van der Waals surface area contributed by atoms with Crippen LogP contribution in [0.15, 0.2) is 24.5 Å². The van der Waals surface area contributed by atoms with Crippen LogP contribution in [0, 0.1) is 10.1 Å². The topological polar surface area (TPSA) is 116 Å². The molecule has 0 spiro atoms. The zero-order valence-electron chi connectivity index (χ0n) is 9.71. The summed E-state index contributed by atoms with van der Waals surface area (Å²) in [7, 11) is 0. The van der Waals surface area contributed by atoms with Crippen LogP contribution in [0.4, 0.5) is 11.5 Å². The molecule has 0 unspecified atom stereocenters.